The molecular weight excluding hydrogens is 300 g/mol. The van der Waals surface area contributed by atoms with Gasteiger partial charge < -0.3 is 0 Å². The zero-order valence-electron chi connectivity index (χ0n) is 15.0. The predicted octanol–water partition coefficient (Wildman–Crippen LogP) is 2.75. The molecule has 1 spiro atoms. The molecule has 1 fully saturated rings. The third-order valence-electron chi connectivity index (χ3n) is 5.87. The zero-order chi connectivity index (χ0) is 17.3. The first-order valence-electron chi connectivity index (χ1n) is 9.20. The van der Waals surface area contributed by atoms with Crippen LogP contribution in [0.25, 0.3) is 0 Å². The smallest absolute Gasteiger partial charge is 0.240 e. The van der Waals surface area contributed by atoms with E-state index in [1.54, 1.807) is 0 Å². The molecule has 0 unspecified atom stereocenters. The number of nitrogens with zero attached hydrogens (tertiary/aromatic N) is 2. The van der Waals surface area contributed by atoms with Gasteiger partial charge in [0.25, 0.3) is 0 Å². The van der Waals surface area contributed by atoms with Gasteiger partial charge in [-0.1, -0.05) is 38.1 Å². The molecule has 3 rings (SSSR count). The predicted molar refractivity (Wildman–Crippen MR) is 94.8 cm³/mol. The lowest BCUT2D eigenvalue weighted by atomic mass is 9.69. The first kappa shape index (κ1) is 17.2. The molecule has 1 aromatic carbocycles. The molecule has 1 aromatic rings. The van der Waals surface area contributed by atoms with E-state index in [2.05, 4.69) is 37.8 Å². The van der Waals surface area contributed by atoms with Crippen LogP contribution in [0.15, 0.2) is 24.3 Å². The fourth-order valence-corrected chi connectivity index (χ4v) is 4.54. The van der Waals surface area contributed by atoms with Crippen molar-refractivity contribution in [2.24, 2.45) is 0 Å². The van der Waals surface area contributed by atoms with Gasteiger partial charge in [0.1, 0.15) is 0 Å². The Hall–Kier alpha value is -1.68. The first-order chi connectivity index (χ1) is 11.5. The molecule has 130 valence electrons. The Labute approximate surface area is 144 Å². The molecule has 1 heterocycles. The van der Waals surface area contributed by atoms with Gasteiger partial charge in [-0.15, -0.1) is 0 Å². The van der Waals surface area contributed by atoms with E-state index in [1.807, 2.05) is 12.1 Å². The van der Waals surface area contributed by atoms with Crippen LogP contribution in [0.3, 0.4) is 0 Å². The quantitative estimate of drug-likeness (QED) is 0.781. The van der Waals surface area contributed by atoms with E-state index in [1.165, 1.54) is 10.5 Å². The molecule has 2 aliphatic rings. The van der Waals surface area contributed by atoms with Gasteiger partial charge >= 0.3 is 0 Å². The maximum absolute atomic E-state index is 13.3. The van der Waals surface area contributed by atoms with Crippen LogP contribution in [0, 0.1) is 0 Å². The molecule has 0 aromatic heterocycles. The summed E-state index contributed by atoms with van der Waals surface area (Å²) >= 11 is 0. The van der Waals surface area contributed by atoms with E-state index in [9.17, 15) is 9.59 Å². The van der Waals surface area contributed by atoms with Crippen LogP contribution in [0.4, 0.5) is 0 Å². The fraction of sp³-hybridized carbons (Fsp3) is 0.600. The summed E-state index contributed by atoms with van der Waals surface area (Å²) < 4.78 is 0. The minimum Gasteiger partial charge on any atom is -0.299 e. The normalized spacial score (nSPS) is 24.8. The lowest BCUT2D eigenvalue weighted by Crippen LogP contribution is -2.47. The second-order valence-corrected chi connectivity index (χ2v) is 7.15. The second kappa shape index (κ2) is 6.67. The van der Waals surface area contributed by atoms with Crippen LogP contribution in [0.2, 0.25) is 0 Å². The number of fused-ring (bicyclic) bond motifs is 2. The number of carbonyl (C=O) groups excluding carboxylic acids is 2. The summed E-state index contributed by atoms with van der Waals surface area (Å²) in [5, 5.41) is 0. The molecule has 0 saturated carbocycles. The Morgan fingerprint density at radius 1 is 1.21 bits per heavy atom. The summed E-state index contributed by atoms with van der Waals surface area (Å²) in [6, 6.07) is 8.37. The molecule has 0 N–H and O–H groups in total. The lowest BCUT2D eigenvalue weighted by molar-refractivity contribution is -0.141. The zero-order valence-corrected chi connectivity index (χ0v) is 15.0. The molecule has 0 bridgehead atoms. The van der Waals surface area contributed by atoms with Crippen LogP contribution in [0.1, 0.15) is 51.2 Å². The van der Waals surface area contributed by atoms with Crippen molar-refractivity contribution in [1.82, 2.24) is 9.80 Å². The van der Waals surface area contributed by atoms with Crippen LogP contribution in [-0.2, 0) is 21.4 Å². The van der Waals surface area contributed by atoms with Gasteiger partial charge in [0, 0.05) is 19.0 Å². The minimum atomic E-state index is -0.602. The topological polar surface area (TPSA) is 40.6 Å². The largest absolute Gasteiger partial charge is 0.299 e. The van der Waals surface area contributed by atoms with Crippen molar-refractivity contribution in [2.75, 3.05) is 19.6 Å². The van der Waals surface area contributed by atoms with Crippen molar-refractivity contribution in [3.8, 4) is 0 Å². The van der Waals surface area contributed by atoms with E-state index in [0.717, 1.165) is 37.9 Å². The van der Waals surface area contributed by atoms with Gasteiger partial charge in [0.2, 0.25) is 11.8 Å². The van der Waals surface area contributed by atoms with E-state index in [4.69, 9.17) is 0 Å². The molecule has 1 aliphatic heterocycles. The van der Waals surface area contributed by atoms with Crippen LogP contribution in [0.5, 0.6) is 0 Å². The van der Waals surface area contributed by atoms with Gasteiger partial charge in [0.15, 0.2) is 0 Å². The van der Waals surface area contributed by atoms with Gasteiger partial charge in [-0.2, -0.15) is 0 Å². The van der Waals surface area contributed by atoms with E-state index < -0.39 is 5.41 Å². The molecular formula is C20H28N2O2. The molecule has 4 heteroatoms. The van der Waals surface area contributed by atoms with Crippen LogP contribution >= 0.6 is 0 Å². The number of hydrogen-bond donors (Lipinski definition) is 0. The molecule has 24 heavy (non-hydrogen) atoms. The number of hydrogen-bond acceptors (Lipinski definition) is 3. The monoisotopic (exact) mass is 328 g/mol. The summed E-state index contributed by atoms with van der Waals surface area (Å²) in [5.74, 6) is 0.0226. The van der Waals surface area contributed by atoms with Crippen molar-refractivity contribution in [2.45, 2.75) is 57.9 Å². The highest BCUT2D eigenvalue weighted by Gasteiger charge is 2.54. The van der Waals surface area contributed by atoms with Crippen LogP contribution in [-0.4, -0.2) is 47.3 Å². The number of likely N-dealkylation sites (N-methyl/N-ethyl adjacent to an activating group) is 1. The summed E-state index contributed by atoms with van der Waals surface area (Å²) in [4.78, 5) is 29.8. The molecule has 4 nitrogen and oxygen atoms in total. The first-order valence-corrected chi connectivity index (χ1v) is 9.20. The maximum atomic E-state index is 13.3. The van der Waals surface area contributed by atoms with E-state index >= 15 is 0 Å². The van der Waals surface area contributed by atoms with Crippen molar-refractivity contribution in [1.29, 1.82) is 0 Å². The number of carbonyl (C=O) groups is 2. The SMILES string of the molecule is CCN(CC)[C@@H](C)CN1C(=O)C[C@]2(CCCc3ccccc32)C1=O. The number of amides is 2. The van der Waals surface area contributed by atoms with Crippen molar-refractivity contribution in [3.63, 3.8) is 0 Å². The Kier molecular flexibility index (Phi) is 4.77. The Morgan fingerprint density at radius 2 is 1.92 bits per heavy atom. The van der Waals surface area contributed by atoms with Crippen molar-refractivity contribution >= 4 is 11.8 Å². The van der Waals surface area contributed by atoms with Crippen molar-refractivity contribution in [3.05, 3.63) is 35.4 Å². The third kappa shape index (κ3) is 2.67. The average Bonchev–Trinajstić information content (AvgIpc) is 2.81. The number of likely N-dealkylation sites (tertiary alicyclic amines) is 1. The Morgan fingerprint density at radius 3 is 2.62 bits per heavy atom. The van der Waals surface area contributed by atoms with Gasteiger partial charge in [-0.25, -0.2) is 0 Å². The van der Waals surface area contributed by atoms with Gasteiger partial charge in [0.05, 0.1) is 5.41 Å². The summed E-state index contributed by atoms with van der Waals surface area (Å²) in [6.45, 7) is 8.71. The Bertz CT molecular complexity index is 638. The lowest BCUT2D eigenvalue weighted by Gasteiger charge is -2.34. The summed E-state index contributed by atoms with van der Waals surface area (Å²) in [6.07, 6.45) is 3.13. The number of benzene rings is 1. The highest BCUT2D eigenvalue weighted by Crippen LogP contribution is 2.45. The standard InChI is InChI=1S/C20H28N2O2/c1-4-21(5-2)15(3)14-22-18(23)13-20(19(22)24)12-8-10-16-9-6-7-11-17(16)20/h6-7,9,11,15H,4-5,8,10,12-14H2,1-3H3/t15-,20-/m0/s1. The third-order valence-corrected chi connectivity index (χ3v) is 5.87. The van der Waals surface area contributed by atoms with Gasteiger partial charge in [-0.05, 0) is 50.4 Å². The number of rotatable bonds is 5. The van der Waals surface area contributed by atoms with Gasteiger partial charge in [-0.3, -0.25) is 19.4 Å². The summed E-state index contributed by atoms with van der Waals surface area (Å²) in [7, 11) is 0. The Balaban J connectivity index is 1.88. The molecule has 0 radical (unpaired) electrons. The minimum absolute atomic E-state index is 0.00397. The summed E-state index contributed by atoms with van der Waals surface area (Å²) in [5.41, 5.74) is 1.73. The second-order valence-electron chi connectivity index (χ2n) is 7.15. The highest BCUT2D eigenvalue weighted by molar-refractivity contribution is 6.09. The molecule has 1 saturated heterocycles. The highest BCUT2D eigenvalue weighted by atomic mass is 16.2. The van der Waals surface area contributed by atoms with E-state index in [0.29, 0.717) is 13.0 Å². The molecule has 2 amide bonds. The van der Waals surface area contributed by atoms with E-state index in [-0.39, 0.29) is 17.9 Å². The van der Waals surface area contributed by atoms with Crippen LogP contribution < -0.4 is 0 Å². The maximum Gasteiger partial charge on any atom is 0.240 e. The van der Waals surface area contributed by atoms with Crippen molar-refractivity contribution < 1.29 is 9.59 Å². The average molecular weight is 328 g/mol. The molecule has 2 atom stereocenters. The fourth-order valence-electron chi connectivity index (χ4n) is 4.54. The number of aryl methyl sites for hydroxylation is 1. The number of imide groups is 1. The molecule has 1 aliphatic carbocycles.